The van der Waals surface area contributed by atoms with Crippen LogP contribution in [0.1, 0.15) is 0 Å². The van der Waals surface area contributed by atoms with Crippen molar-refractivity contribution >= 4 is 31.0 Å². The Labute approximate surface area is 74.5 Å². The minimum atomic E-state index is -0.954. The average Bonchev–Trinajstić information content (AvgIpc) is 2.06. The first-order valence-electron chi connectivity index (χ1n) is 3.10. The maximum absolute atomic E-state index is 8.17. The molecule has 0 saturated carbocycles. The zero-order chi connectivity index (χ0) is 9.11. The van der Waals surface area contributed by atoms with Gasteiger partial charge in [-0.05, 0) is 0 Å². The third kappa shape index (κ3) is 17.9. The lowest BCUT2D eigenvalue weighted by Gasteiger charge is -1.96. The van der Waals surface area contributed by atoms with Gasteiger partial charge in [0.05, 0.1) is 13.2 Å². The van der Waals surface area contributed by atoms with E-state index in [1.165, 1.54) is 0 Å². The molecule has 0 aliphatic rings. The Kier molecular flexibility index (Phi) is 16.6. The van der Waals surface area contributed by atoms with Crippen LogP contribution >= 0.6 is 0 Å². The van der Waals surface area contributed by atoms with Crippen molar-refractivity contribution < 1.29 is 23.5 Å². The summed E-state index contributed by atoms with van der Waals surface area (Å²) in [7, 11) is 1.27. The van der Waals surface area contributed by atoms with E-state index in [0.29, 0.717) is 0 Å². The Morgan fingerprint density at radius 1 is 1.18 bits per heavy atom. The van der Waals surface area contributed by atoms with Crippen LogP contribution in [0, 0.1) is 0 Å². The topological polar surface area (TPSA) is 79.2 Å². The fourth-order valence-electron chi connectivity index (χ4n) is 0.176. The first-order valence-corrected chi connectivity index (χ1v) is 5.89. The highest BCUT2D eigenvalue weighted by atomic mass is 28.3. The molecular formula is C3H16O5Si3. The standard InChI is InChI=1S/C3H8O3.H8O2Si3/c4-1-3(6)2-5;3-1-5-2-4/h3-6H,1-2H2;5H2,3-4H3. The second-order valence-electron chi connectivity index (χ2n) is 1.71. The molecule has 0 saturated heterocycles. The summed E-state index contributed by atoms with van der Waals surface area (Å²) >= 11 is 0. The maximum atomic E-state index is 8.17. The van der Waals surface area contributed by atoms with Crippen LogP contribution in [0.2, 0.25) is 0 Å². The van der Waals surface area contributed by atoms with Gasteiger partial charge in [-0.25, -0.2) is 0 Å². The number of aliphatic hydroxyl groups excluding tert-OH is 3. The van der Waals surface area contributed by atoms with Gasteiger partial charge in [0.2, 0.25) is 0 Å². The molecule has 0 heterocycles. The van der Waals surface area contributed by atoms with Crippen molar-refractivity contribution in [3.05, 3.63) is 0 Å². The van der Waals surface area contributed by atoms with Crippen LogP contribution in [0.4, 0.5) is 0 Å². The van der Waals surface area contributed by atoms with Crippen molar-refractivity contribution in [2.75, 3.05) is 13.2 Å². The molecule has 0 aromatic carbocycles. The molecule has 0 unspecified atom stereocenters. The Morgan fingerprint density at radius 3 is 1.55 bits per heavy atom. The van der Waals surface area contributed by atoms with Gasteiger partial charge in [-0.1, -0.05) is 0 Å². The Balaban J connectivity index is 0. The molecule has 70 valence electrons. The van der Waals surface area contributed by atoms with Crippen LogP contribution in [-0.4, -0.2) is 65.6 Å². The van der Waals surface area contributed by atoms with Gasteiger partial charge < -0.3 is 23.5 Å². The quantitative estimate of drug-likeness (QED) is 0.410. The molecule has 3 N–H and O–H groups in total. The van der Waals surface area contributed by atoms with Gasteiger partial charge in [-0.2, -0.15) is 0 Å². The molecule has 0 aliphatic carbocycles. The second kappa shape index (κ2) is 13.1. The molecule has 0 amide bonds. The van der Waals surface area contributed by atoms with E-state index in [1.807, 2.05) is 0 Å². The Morgan fingerprint density at radius 2 is 1.55 bits per heavy atom. The average molecular weight is 216 g/mol. The summed E-state index contributed by atoms with van der Waals surface area (Å²) in [6, 6.07) is 0. The Bertz CT molecular complexity index is 58.9. The van der Waals surface area contributed by atoms with E-state index in [0.717, 1.165) is 21.0 Å². The van der Waals surface area contributed by atoms with Crippen LogP contribution in [0.5, 0.6) is 0 Å². The number of hydrogen-bond acceptors (Lipinski definition) is 5. The summed E-state index contributed by atoms with van der Waals surface area (Å²) in [5.74, 6) is 0. The normalized spacial score (nSPS) is 10.9. The van der Waals surface area contributed by atoms with Gasteiger partial charge in [0.1, 0.15) is 27.1 Å². The molecule has 0 atom stereocenters. The van der Waals surface area contributed by atoms with E-state index in [9.17, 15) is 0 Å². The Hall–Kier alpha value is 0.451. The third-order valence-corrected chi connectivity index (χ3v) is 2.54. The van der Waals surface area contributed by atoms with Gasteiger partial charge >= 0.3 is 0 Å². The van der Waals surface area contributed by atoms with Gasteiger partial charge in [0.15, 0.2) is 0 Å². The minimum absolute atomic E-state index is 0.365. The first-order chi connectivity index (χ1) is 5.22. The molecule has 0 spiro atoms. The highest BCUT2D eigenvalue weighted by molar-refractivity contribution is 6.33. The van der Waals surface area contributed by atoms with Crippen molar-refractivity contribution in [3.8, 4) is 0 Å². The SMILES string of the molecule is OCC(O)CO.[SiH3]O[SiH2]O[SiH3]. The highest BCUT2D eigenvalue weighted by Crippen LogP contribution is 1.71. The third-order valence-electron chi connectivity index (χ3n) is 0.657. The van der Waals surface area contributed by atoms with Crippen molar-refractivity contribution in [2.24, 2.45) is 0 Å². The smallest absolute Gasteiger partial charge is 0.282 e. The van der Waals surface area contributed by atoms with Crippen molar-refractivity contribution in [2.45, 2.75) is 6.10 Å². The lowest BCUT2D eigenvalue weighted by Crippen LogP contribution is -2.15. The van der Waals surface area contributed by atoms with Gasteiger partial charge in [0.25, 0.3) is 10.0 Å². The molecule has 5 nitrogen and oxygen atoms in total. The lowest BCUT2D eigenvalue weighted by molar-refractivity contribution is 0.0450. The molecular weight excluding hydrogens is 200 g/mol. The monoisotopic (exact) mass is 216 g/mol. The van der Waals surface area contributed by atoms with Gasteiger partial charge in [-0.3, -0.25) is 0 Å². The number of hydrogen-bond donors (Lipinski definition) is 3. The van der Waals surface area contributed by atoms with Crippen molar-refractivity contribution in [1.29, 1.82) is 0 Å². The molecule has 0 aromatic rings. The number of rotatable bonds is 4. The summed E-state index contributed by atoms with van der Waals surface area (Å²) < 4.78 is 9.56. The fourth-order valence-corrected chi connectivity index (χ4v) is 3.24. The summed E-state index contributed by atoms with van der Waals surface area (Å²) in [5, 5.41) is 24.0. The van der Waals surface area contributed by atoms with E-state index in [1.54, 1.807) is 0 Å². The van der Waals surface area contributed by atoms with Crippen LogP contribution < -0.4 is 0 Å². The van der Waals surface area contributed by atoms with Crippen LogP contribution in [0.3, 0.4) is 0 Å². The molecule has 0 aliphatic heterocycles. The second-order valence-corrected chi connectivity index (χ2v) is 6.57. The molecule has 0 fully saturated rings. The van der Waals surface area contributed by atoms with Crippen LogP contribution in [0.15, 0.2) is 0 Å². The van der Waals surface area contributed by atoms with E-state index in [4.69, 9.17) is 23.5 Å². The van der Waals surface area contributed by atoms with E-state index in [-0.39, 0.29) is 13.2 Å². The van der Waals surface area contributed by atoms with Crippen LogP contribution in [0.25, 0.3) is 0 Å². The molecule has 0 aromatic heterocycles. The predicted octanol–water partition coefficient (Wildman–Crippen LogP) is -5.09. The molecule has 0 rings (SSSR count). The zero-order valence-electron chi connectivity index (χ0n) is 6.86. The van der Waals surface area contributed by atoms with Gasteiger partial charge in [-0.15, -0.1) is 0 Å². The first kappa shape index (κ1) is 14.0. The van der Waals surface area contributed by atoms with Crippen molar-refractivity contribution in [1.82, 2.24) is 0 Å². The van der Waals surface area contributed by atoms with Crippen LogP contribution in [-0.2, 0) is 8.23 Å². The predicted molar refractivity (Wildman–Crippen MR) is 50.8 cm³/mol. The molecule has 0 radical (unpaired) electrons. The van der Waals surface area contributed by atoms with E-state index < -0.39 is 16.1 Å². The summed E-state index contributed by atoms with van der Waals surface area (Å²) in [6.07, 6.45) is -0.954. The summed E-state index contributed by atoms with van der Waals surface area (Å²) in [4.78, 5) is 0. The van der Waals surface area contributed by atoms with Crippen molar-refractivity contribution in [3.63, 3.8) is 0 Å². The molecule has 0 bridgehead atoms. The minimum Gasteiger partial charge on any atom is -0.449 e. The molecule has 11 heavy (non-hydrogen) atoms. The summed E-state index contributed by atoms with van der Waals surface area (Å²) in [6.45, 7) is -0.729. The fraction of sp³-hybridized carbons (Fsp3) is 1.00. The number of aliphatic hydroxyl groups is 3. The van der Waals surface area contributed by atoms with Gasteiger partial charge in [0, 0.05) is 0 Å². The zero-order valence-corrected chi connectivity index (χ0v) is 12.3. The molecule has 8 heteroatoms. The maximum Gasteiger partial charge on any atom is 0.282 e. The lowest BCUT2D eigenvalue weighted by atomic mass is 10.4. The van der Waals surface area contributed by atoms with E-state index >= 15 is 0 Å². The largest absolute Gasteiger partial charge is 0.449 e. The highest BCUT2D eigenvalue weighted by Gasteiger charge is 1.93. The van der Waals surface area contributed by atoms with E-state index in [2.05, 4.69) is 0 Å². The summed E-state index contributed by atoms with van der Waals surface area (Å²) in [5.41, 5.74) is 0.